The molecule has 0 spiro atoms. The number of rotatable bonds is 8. The van der Waals surface area contributed by atoms with Crippen LogP contribution in [0.4, 0.5) is 0 Å². The Morgan fingerprint density at radius 3 is 2.36 bits per heavy atom. The summed E-state index contributed by atoms with van der Waals surface area (Å²) in [5.41, 5.74) is 1.08. The summed E-state index contributed by atoms with van der Waals surface area (Å²) in [5, 5.41) is 13.0. The lowest BCUT2D eigenvalue weighted by molar-refractivity contribution is -0.150. The maximum atomic E-state index is 12.9. The maximum absolute atomic E-state index is 12.9. The van der Waals surface area contributed by atoms with Crippen molar-refractivity contribution < 1.29 is 28.6 Å². The van der Waals surface area contributed by atoms with Gasteiger partial charge in [0.1, 0.15) is 11.7 Å². The van der Waals surface area contributed by atoms with Crippen LogP contribution in [0.2, 0.25) is 0 Å². The molecule has 1 aliphatic heterocycles. The van der Waals surface area contributed by atoms with E-state index >= 15 is 0 Å². The van der Waals surface area contributed by atoms with Crippen molar-refractivity contribution in [2.45, 2.75) is 5.92 Å². The molecule has 0 fully saturated rings. The number of nitriles is 1. The standard InChI is InChI=1S/C24H22N2O6S/c1-30-23(28)16-10-8-15(9-11-16)19-18(14-25)22(26-21(27)20(19)24(29)31-2)33-13-12-32-17-6-4-3-5-7-17/h3-11,19-20H,12-13H2,1-2H3,(H,26,27)/t19-,20-/m0/s1. The van der Waals surface area contributed by atoms with Crippen molar-refractivity contribution >= 4 is 29.6 Å². The molecular formula is C24H22N2O6S. The van der Waals surface area contributed by atoms with Crippen LogP contribution in [0.3, 0.4) is 0 Å². The Kier molecular flexibility index (Phi) is 8.11. The molecular weight excluding hydrogens is 444 g/mol. The zero-order chi connectivity index (χ0) is 23.8. The van der Waals surface area contributed by atoms with Gasteiger partial charge in [0.2, 0.25) is 5.91 Å². The molecule has 2 aromatic rings. The third-order valence-corrected chi connectivity index (χ3v) is 6.00. The number of para-hydroxylation sites is 1. The van der Waals surface area contributed by atoms with Gasteiger partial charge in [0, 0.05) is 11.7 Å². The number of hydrogen-bond acceptors (Lipinski definition) is 8. The lowest BCUT2D eigenvalue weighted by Gasteiger charge is -2.31. The summed E-state index contributed by atoms with van der Waals surface area (Å²) >= 11 is 1.26. The second-order valence-electron chi connectivity index (χ2n) is 6.95. The smallest absolute Gasteiger partial charge is 0.337 e. The van der Waals surface area contributed by atoms with Crippen molar-refractivity contribution in [1.29, 1.82) is 5.26 Å². The quantitative estimate of drug-likeness (QED) is 0.359. The third-order valence-electron chi connectivity index (χ3n) is 5.02. The zero-order valence-electron chi connectivity index (χ0n) is 18.1. The highest BCUT2D eigenvalue weighted by atomic mass is 32.2. The molecule has 3 rings (SSSR count). The molecule has 0 saturated carbocycles. The molecule has 170 valence electrons. The first-order chi connectivity index (χ1) is 16.0. The normalized spacial score (nSPS) is 17.5. The average molecular weight is 467 g/mol. The van der Waals surface area contributed by atoms with Crippen molar-refractivity contribution in [1.82, 2.24) is 5.32 Å². The van der Waals surface area contributed by atoms with E-state index in [1.807, 2.05) is 30.3 Å². The van der Waals surface area contributed by atoms with Gasteiger partial charge in [-0.05, 0) is 29.8 Å². The fourth-order valence-electron chi connectivity index (χ4n) is 3.44. The van der Waals surface area contributed by atoms with Gasteiger partial charge in [-0.2, -0.15) is 5.26 Å². The first-order valence-electron chi connectivity index (χ1n) is 10.0. The lowest BCUT2D eigenvalue weighted by Crippen LogP contribution is -2.44. The van der Waals surface area contributed by atoms with E-state index in [2.05, 4.69) is 11.4 Å². The van der Waals surface area contributed by atoms with E-state index in [0.717, 1.165) is 5.75 Å². The third kappa shape index (κ3) is 5.54. The Bertz CT molecular complexity index is 1090. The van der Waals surface area contributed by atoms with Crippen LogP contribution in [0, 0.1) is 17.2 Å². The molecule has 0 unspecified atom stereocenters. The van der Waals surface area contributed by atoms with Crippen molar-refractivity contribution in [3.8, 4) is 11.8 Å². The van der Waals surface area contributed by atoms with Crippen molar-refractivity contribution in [3.05, 3.63) is 76.3 Å². The van der Waals surface area contributed by atoms with Crippen LogP contribution in [0.25, 0.3) is 0 Å². The monoisotopic (exact) mass is 466 g/mol. The van der Waals surface area contributed by atoms with Gasteiger partial charge in [-0.1, -0.05) is 30.3 Å². The zero-order valence-corrected chi connectivity index (χ0v) is 18.9. The van der Waals surface area contributed by atoms with Crippen molar-refractivity contribution in [3.63, 3.8) is 0 Å². The molecule has 2 atom stereocenters. The van der Waals surface area contributed by atoms with Crippen LogP contribution in [-0.2, 0) is 19.1 Å². The fourth-order valence-corrected chi connectivity index (χ4v) is 4.32. The highest BCUT2D eigenvalue weighted by Crippen LogP contribution is 2.40. The molecule has 9 heteroatoms. The van der Waals surface area contributed by atoms with Crippen molar-refractivity contribution in [2.75, 3.05) is 26.6 Å². The Morgan fingerprint density at radius 1 is 1.06 bits per heavy atom. The number of methoxy groups -OCH3 is 2. The van der Waals surface area contributed by atoms with Crippen LogP contribution in [0.1, 0.15) is 21.8 Å². The molecule has 1 N–H and O–H groups in total. The molecule has 1 heterocycles. The molecule has 0 bridgehead atoms. The number of benzene rings is 2. The van der Waals surface area contributed by atoms with Gasteiger partial charge in [-0.15, -0.1) is 11.8 Å². The number of allylic oxidation sites excluding steroid dienone is 1. The van der Waals surface area contributed by atoms with E-state index in [4.69, 9.17) is 14.2 Å². The van der Waals surface area contributed by atoms with Crippen LogP contribution in [0.15, 0.2) is 65.2 Å². The van der Waals surface area contributed by atoms with Crippen molar-refractivity contribution in [2.24, 2.45) is 5.92 Å². The Labute approximate surface area is 195 Å². The number of carbonyl (C=O) groups is 3. The highest BCUT2D eigenvalue weighted by molar-refractivity contribution is 8.03. The first-order valence-corrected chi connectivity index (χ1v) is 11.0. The summed E-state index contributed by atoms with van der Waals surface area (Å²) < 4.78 is 15.2. The van der Waals surface area contributed by atoms with Gasteiger partial charge >= 0.3 is 11.9 Å². The number of thioether (sulfide) groups is 1. The van der Waals surface area contributed by atoms with Gasteiger partial charge in [-0.25, -0.2) is 4.79 Å². The van der Waals surface area contributed by atoms with Gasteiger partial charge < -0.3 is 19.5 Å². The summed E-state index contributed by atoms with van der Waals surface area (Å²) in [4.78, 5) is 37.1. The van der Waals surface area contributed by atoms with E-state index < -0.39 is 29.7 Å². The molecule has 8 nitrogen and oxygen atoms in total. The molecule has 0 radical (unpaired) electrons. The molecule has 0 aromatic heterocycles. The summed E-state index contributed by atoms with van der Waals surface area (Å²) in [7, 11) is 2.46. The summed E-state index contributed by atoms with van der Waals surface area (Å²) in [6, 6.07) is 17.7. The van der Waals surface area contributed by atoms with E-state index in [1.165, 1.54) is 38.1 Å². The molecule has 33 heavy (non-hydrogen) atoms. The number of hydrogen-bond donors (Lipinski definition) is 1. The van der Waals surface area contributed by atoms with Gasteiger partial charge in [0.25, 0.3) is 0 Å². The minimum atomic E-state index is -1.24. The molecule has 1 aliphatic rings. The number of nitrogens with zero attached hydrogens (tertiary/aromatic N) is 1. The van der Waals surface area contributed by atoms with Gasteiger partial charge in [0.15, 0.2) is 0 Å². The first kappa shape index (κ1) is 23.9. The second kappa shape index (κ2) is 11.2. The van der Waals surface area contributed by atoms with Crippen LogP contribution in [-0.4, -0.2) is 44.4 Å². The minimum Gasteiger partial charge on any atom is -0.493 e. The molecule has 0 saturated heterocycles. The molecule has 2 aromatic carbocycles. The Balaban J connectivity index is 1.88. The second-order valence-corrected chi connectivity index (χ2v) is 8.05. The summed E-state index contributed by atoms with van der Waals surface area (Å²) in [6.45, 7) is 0.353. The summed E-state index contributed by atoms with van der Waals surface area (Å²) in [5.74, 6) is -2.74. The predicted octanol–water partition coefficient (Wildman–Crippen LogP) is 3.02. The van der Waals surface area contributed by atoms with E-state index in [9.17, 15) is 19.6 Å². The number of esters is 2. The van der Waals surface area contributed by atoms with E-state index in [-0.39, 0.29) is 5.57 Å². The number of carbonyl (C=O) groups excluding carboxylic acids is 3. The van der Waals surface area contributed by atoms with Gasteiger partial charge in [0.05, 0.1) is 43.1 Å². The molecule has 0 aliphatic carbocycles. The molecule has 1 amide bonds. The SMILES string of the molecule is COC(=O)c1ccc([C@H]2C(C#N)=C(SCCOc3ccccc3)NC(=O)[C@H]2C(=O)OC)cc1. The van der Waals surface area contributed by atoms with Gasteiger partial charge in [-0.3, -0.25) is 9.59 Å². The van der Waals surface area contributed by atoms with Crippen LogP contribution in [0.5, 0.6) is 5.75 Å². The fraction of sp³-hybridized carbons (Fsp3) is 0.250. The predicted molar refractivity (Wildman–Crippen MR) is 121 cm³/mol. The number of ether oxygens (including phenoxy) is 3. The average Bonchev–Trinajstić information content (AvgIpc) is 2.86. The summed E-state index contributed by atoms with van der Waals surface area (Å²) in [6.07, 6.45) is 0. The number of amides is 1. The Hall–Kier alpha value is -3.77. The number of nitrogens with one attached hydrogen (secondary N) is 1. The van der Waals surface area contributed by atoms with E-state index in [0.29, 0.717) is 28.5 Å². The maximum Gasteiger partial charge on any atom is 0.337 e. The minimum absolute atomic E-state index is 0.237. The topological polar surface area (TPSA) is 115 Å². The van der Waals surface area contributed by atoms with Crippen LogP contribution >= 0.6 is 11.8 Å². The largest absolute Gasteiger partial charge is 0.493 e. The lowest BCUT2D eigenvalue weighted by atomic mass is 9.78. The highest BCUT2D eigenvalue weighted by Gasteiger charge is 2.44. The van der Waals surface area contributed by atoms with E-state index in [1.54, 1.807) is 12.1 Å². The Morgan fingerprint density at radius 2 is 1.76 bits per heavy atom. The van der Waals surface area contributed by atoms with Crippen LogP contribution < -0.4 is 10.1 Å².